The van der Waals surface area contributed by atoms with Gasteiger partial charge in [-0.2, -0.15) is 0 Å². The average molecular weight is 397 g/mol. The topological polar surface area (TPSA) is 79.4 Å². The Morgan fingerprint density at radius 3 is 2.42 bits per heavy atom. The van der Waals surface area contributed by atoms with Gasteiger partial charge in [0.15, 0.2) is 5.13 Å². The van der Waals surface area contributed by atoms with Crippen LogP contribution in [0.2, 0.25) is 0 Å². The van der Waals surface area contributed by atoms with Crippen molar-refractivity contribution >= 4 is 42.6 Å². The molecule has 26 heavy (non-hydrogen) atoms. The van der Waals surface area contributed by atoms with Gasteiger partial charge in [-0.1, -0.05) is 17.4 Å². The van der Waals surface area contributed by atoms with Crippen molar-refractivity contribution < 1.29 is 22.0 Å². The molecular formula is C16H13F2N3O3S2. The molecule has 6 nitrogen and oxygen atoms in total. The van der Waals surface area contributed by atoms with E-state index < -0.39 is 33.1 Å². The highest BCUT2D eigenvalue weighted by atomic mass is 32.2. The van der Waals surface area contributed by atoms with Gasteiger partial charge in [0.05, 0.1) is 15.1 Å². The number of carbonyl (C=O) groups is 1. The molecule has 0 aliphatic heterocycles. The van der Waals surface area contributed by atoms with Gasteiger partial charge in [0, 0.05) is 14.1 Å². The van der Waals surface area contributed by atoms with Crippen molar-refractivity contribution in [1.29, 1.82) is 0 Å². The van der Waals surface area contributed by atoms with Crippen LogP contribution in [0.15, 0.2) is 41.3 Å². The lowest BCUT2D eigenvalue weighted by molar-refractivity contribution is 0.101. The van der Waals surface area contributed by atoms with E-state index in [-0.39, 0.29) is 10.0 Å². The molecule has 0 saturated carbocycles. The summed E-state index contributed by atoms with van der Waals surface area (Å²) in [7, 11) is -0.776. The molecule has 1 amide bonds. The number of carbonyl (C=O) groups excluding carboxylic acids is 1. The summed E-state index contributed by atoms with van der Waals surface area (Å²) in [5.74, 6) is -2.94. The van der Waals surface area contributed by atoms with E-state index in [1.807, 2.05) is 0 Å². The Balaban J connectivity index is 1.94. The predicted molar refractivity (Wildman–Crippen MR) is 94.8 cm³/mol. The largest absolute Gasteiger partial charge is 0.298 e. The van der Waals surface area contributed by atoms with Gasteiger partial charge in [0.1, 0.15) is 17.2 Å². The molecule has 3 aromatic rings. The Kier molecular flexibility index (Phi) is 4.74. The highest BCUT2D eigenvalue weighted by Crippen LogP contribution is 2.29. The molecule has 0 saturated heterocycles. The molecule has 2 aromatic carbocycles. The number of aromatic nitrogens is 1. The third-order valence-corrected chi connectivity index (χ3v) is 6.29. The summed E-state index contributed by atoms with van der Waals surface area (Å²) < 4.78 is 53.3. The Hall–Kier alpha value is -2.43. The molecule has 0 spiro atoms. The van der Waals surface area contributed by atoms with Crippen molar-refractivity contribution in [2.75, 3.05) is 19.4 Å². The molecule has 0 bridgehead atoms. The van der Waals surface area contributed by atoms with Crippen molar-refractivity contribution in [2.45, 2.75) is 4.90 Å². The number of benzene rings is 2. The second kappa shape index (κ2) is 6.71. The summed E-state index contributed by atoms with van der Waals surface area (Å²) in [6, 6.07) is 7.46. The highest BCUT2D eigenvalue weighted by Gasteiger charge is 2.20. The molecule has 0 atom stereocenters. The third kappa shape index (κ3) is 3.30. The van der Waals surface area contributed by atoms with E-state index in [9.17, 15) is 22.0 Å². The minimum Gasteiger partial charge on any atom is -0.298 e. The molecule has 3 rings (SSSR count). The first kappa shape index (κ1) is 18.4. The smallest absolute Gasteiger partial charge is 0.263 e. The van der Waals surface area contributed by atoms with E-state index in [0.29, 0.717) is 10.2 Å². The fraction of sp³-hybridized carbons (Fsp3) is 0.125. The number of sulfonamides is 1. The Morgan fingerprint density at radius 1 is 1.15 bits per heavy atom. The van der Waals surface area contributed by atoms with Crippen LogP contribution in [0.1, 0.15) is 10.4 Å². The van der Waals surface area contributed by atoms with Crippen LogP contribution < -0.4 is 5.32 Å². The van der Waals surface area contributed by atoms with E-state index in [2.05, 4.69) is 10.3 Å². The van der Waals surface area contributed by atoms with Crippen LogP contribution >= 0.6 is 11.3 Å². The van der Waals surface area contributed by atoms with Gasteiger partial charge in [-0.3, -0.25) is 10.1 Å². The van der Waals surface area contributed by atoms with Gasteiger partial charge < -0.3 is 0 Å². The van der Waals surface area contributed by atoms with Crippen LogP contribution in [-0.2, 0) is 10.0 Å². The number of halogens is 2. The molecule has 0 aliphatic carbocycles. The van der Waals surface area contributed by atoms with Gasteiger partial charge in [0.2, 0.25) is 10.0 Å². The van der Waals surface area contributed by atoms with Crippen LogP contribution in [0, 0.1) is 11.6 Å². The van der Waals surface area contributed by atoms with E-state index in [1.54, 1.807) is 0 Å². The molecule has 0 unspecified atom stereocenters. The lowest BCUT2D eigenvalue weighted by Gasteiger charge is -2.10. The fourth-order valence-corrected chi connectivity index (χ4v) is 4.11. The number of amides is 1. The van der Waals surface area contributed by atoms with E-state index >= 15 is 0 Å². The second-order valence-corrected chi connectivity index (χ2v) is 8.67. The Labute approximate surface area is 152 Å². The van der Waals surface area contributed by atoms with Crippen LogP contribution in [0.4, 0.5) is 13.9 Å². The van der Waals surface area contributed by atoms with Crippen LogP contribution in [0.3, 0.4) is 0 Å². The molecule has 0 radical (unpaired) electrons. The van der Waals surface area contributed by atoms with E-state index in [1.165, 1.54) is 32.3 Å². The quantitative estimate of drug-likeness (QED) is 0.734. The summed E-state index contributed by atoms with van der Waals surface area (Å²) in [6.45, 7) is 0. The Morgan fingerprint density at radius 2 is 1.81 bits per heavy atom. The summed E-state index contributed by atoms with van der Waals surface area (Å²) in [6.07, 6.45) is 0. The van der Waals surface area contributed by atoms with Gasteiger partial charge in [0.25, 0.3) is 5.91 Å². The maximum absolute atomic E-state index is 13.7. The number of fused-ring (bicyclic) bond motifs is 1. The summed E-state index contributed by atoms with van der Waals surface area (Å²) in [4.78, 5) is 16.3. The van der Waals surface area contributed by atoms with Gasteiger partial charge in [-0.15, -0.1) is 0 Å². The van der Waals surface area contributed by atoms with Gasteiger partial charge in [-0.05, 0) is 30.3 Å². The molecule has 10 heteroatoms. The van der Waals surface area contributed by atoms with Crippen LogP contribution in [-0.4, -0.2) is 37.7 Å². The van der Waals surface area contributed by atoms with Crippen molar-refractivity contribution in [3.8, 4) is 0 Å². The SMILES string of the molecule is CN(C)S(=O)(=O)c1ccc2nc(NC(=O)c3c(F)cccc3F)sc2c1. The summed E-state index contributed by atoms with van der Waals surface area (Å²) >= 11 is 1.00. The summed E-state index contributed by atoms with van der Waals surface area (Å²) in [5, 5.41) is 2.44. The van der Waals surface area contributed by atoms with Crippen LogP contribution in [0.5, 0.6) is 0 Å². The molecular weight excluding hydrogens is 384 g/mol. The number of thiazole rings is 1. The third-order valence-electron chi connectivity index (χ3n) is 3.55. The number of nitrogens with zero attached hydrogens (tertiary/aromatic N) is 2. The lowest BCUT2D eigenvalue weighted by Crippen LogP contribution is -2.22. The number of nitrogens with one attached hydrogen (secondary N) is 1. The lowest BCUT2D eigenvalue weighted by atomic mass is 10.2. The average Bonchev–Trinajstić information content (AvgIpc) is 2.95. The Bertz CT molecular complexity index is 1090. The van der Waals surface area contributed by atoms with Crippen LogP contribution in [0.25, 0.3) is 10.2 Å². The first-order valence-corrected chi connectivity index (χ1v) is 9.54. The number of hydrogen-bond donors (Lipinski definition) is 1. The number of anilines is 1. The zero-order chi connectivity index (χ0) is 19.1. The molecule has 0 fully saturated rings. The predicted octanol–water partition coefficient (Wildman–Crippen LogP) is 3.08. The van der Waals surface area contributed by atoms with Crippen molar-refractivity contribution in [3.63, 3.8) is 0 Å². The zero-order valence-electron chi connectivity index (χ0n) is 13.7. The normalized spacial score (nSPS) is 11.9. The fourth-order valence-electron chi connectivity index (χ4n) is 2.20. The standard InChI is InChI=1S/C16H13F2N3O3S2/c1-21(2)26(23,24)9-6-7-12-13(8-9)25-16(19-12)20-15(22)14-10(17)4-3-5-11(14)18/h3-8H,1-2H3,(H,19,20,22). The number of rotatable bonds is 4. The van der Waals surface area contributed by atoms with Crippen molar-refractivity contribution in [3.05, 3.63) is 53.6 Å². The second-order valence-electron chi connectivity index (χ2n) is 5.49. The molecule has 1 heterocycles. The molecule has 1 N–H and O–H groups in total. The maximum Gasteiger partial charge on any atom is 0.263 e. The zero-order valence-corrected chi connectivity index (χ0v) is 15.3. The first-order valence-electron chi connectivity index (χ1n) is 7.28. The van der Waals surface area contributed by atoms with E-state index in [0.717, 1.165) is 33.8 Å². The number of hydrogen-bond acceptors (Lipinski definition) is 5. The summed E-state index contributed by atoms with van der Waals surface area (Å²) in [5.41, 5.74) is -0.250. The maximum atomic E-state index is 13.7. The molecule has 136 valence electrons. The van der Waals surface area contributed by atoms with Gasteiger partial charge >= 0.3 is 0 Å². The minimum atomic E-state index is -3.61. The first-order chi connectivity index (χ1) is 12.2. The van der Waals surface area contributed by atoms with E-state index in [4.69, 9.17) is 0 Å². The van der Waals surface area contributed by atoms with Crippen molar-refractivity contribution in [2.24, 2.45) is 0 Å². The van der Waals surface area contributed by atoms with Gasteiger partial charge in [-0.25, -0.2) is 26.5 Å². The monoisotopic (exact) mass is 397 g/mol. The minimum absolute atomic E-state index is 0.0803. The molecule has 1 aromatic heterocycles. The molecule has 0 aliphatic rings. The highest BCUT2D eigenvalue weighted by molar-refractivity contribution is 7.89. The van der Waals surface area contributed by atoms with Crippen molar-refractivity contribution in [1.82, 2.24) is 9.29 Å².